The van der Waals surface area contributed by atoms with Gasteiger partial charge in [0.15, 0.2) is 0 Å². The molecule has 0 aliphatic rings. The minimum Gasteiger partial charge on any atom is -0.477 e. The molecule has 0 heterocycles. The van der Waals surface area contributed by atoms with Crippen LogP contribution in [0, 0.1) is 0 Å². The Kier molecular flexibility index (Phi) is 4.08. The predicted octanol–water partition coefficient (Wildman–Crippen LogP) is 2.06. The summed E-state index contributed by atoms with van der Waals surface area (Å²) in [4.78, 5) is 22.3. The van der Waals surface area contributed by atoms with Crippen LogP contribution in [0.3, 0.4) is 0 Å². The summed E-state index contributed by atoms with van der Waals surface area (Å²) >= 11 is 5.80. The summed E-state index contributed by atoms with van der Waals surface area (Å²) < 4.78 is 0. The molecular formula is C11H10ClNO3. The molecule has 0 aromatic heterocycles. The highest BCUT2D eigenvalue weighted by atomic mass is 35.5. The zero-order valence-corrected chi connectivity index (χ0v) is 9.28. The molecule has 0 saturated carbocycles. The molecule has 1 aromatic carbocycles. The molecule has 0 atom stereocenters. The first kappa shape index (κ1) is 12.3. The Morgan fingerprint density at radius 1 is 1.38 bits per heavy atom. The van der Waals surface area contributed by atoms with Crippen molar-refractivity contribution >= 4 is 23.5 Å². The fourth-order valence-corrected chi connectivity index (χ4v) is 1.31. The number of rotatable bonds is 3. The lowest BCUT2D eigenvalue weighted by Crippen LogP contribution is -2.27. The van der Waals surface area contributed by atoms with Crippen LogP contribution in [0.2, 0.25) is 5.02 Å². The van der Waals surface area contributed by atoms with Gasteiger partial charge < -0.3 is 10.4 Å². The van der Waals surface area contributed by atoms with Crippen molar-refractivity contribution in [1.29, 1.82) is 0 Å². The van der Waals surface area contributed by atoms with E-state index in [1.54, 1.807) is 18.2 Å². The number of benzene rings is 1. The topological polar surface area (TPSA) is 66.4 Å². The maximum Gasteiger partial charge on any atom is 0.352 e. The number of carbonyl (C=O) groups excluding carboxylic acids is 1. The van der Waals surface area contributed by atoms with Crippen molar-refractivity contribution in [3.8, 4) is 0 Å². The fraction of sp³-hybridized carbons (Fsp3) is 0.0909. The number of halogens is 1. The molecule has 1 rings (SSSR count). The van der Waals surface area contributed by atoms with Gasteiger partial charge in [0.2, 0.25) is 0 Å². The SMILES string of the molecule is C/C=C(\NC(=O)c1ccccc1Cl)C(=O)O. The van der Waals surface area contributed by atoms with E-state index in [1.165, 1.54) is 19.1 Å². The van der Waals surface area contributed by atoms with Crippen LogP contribution >= 0.6 is 11.6 Å². The third-order valence-corrected chi connectivity index (χ3v) is 2.22. The van der Waals surface area contributed by atoms with Gasteiger partial charge in [0.1, 0.15) is 5.70 Å². The third kappa shape index (κ3) is 2.84. The van der Waals surface area contributed by atoms with Gasteiger partial charge >= 0.3 is 5.97 Å². The molecule has 2 N–H and O–H groups in total. The quantitative estimate of drug-likeness (QED) is 0.794. The van der Waals surface area contributed by atoms with E-state index in [4.69, 9.17) is 16.7 Å². The van der Waals surface area contributed by atoms with E-state index in [2.05, 4.69) is 5.32 Å². The lowest BCUT2D eigenvalue weighted by atomic mass is 10.2. The number of carboxylic acid groups (broad SMARTS) is 1. The van der Waals surface area contributed by atoms with Crippen molar-refractivity contribution in [3.63, 3.8) is 0 Å². The first-order valence-electron chi connectivity index (χ1n) is 4.51. The van der Waals surface area contributed by atoms with Crippen LogP contribution in [0.4, 0.5) is 0 Å². The molecule has 0 saturated heterocycles. The second kappa shape index (κ2) is 5.32. The van der Waals surface area contributed by atoms with Crippen LogP contribution in [-0.4, -0.2) is 17.0 Å². The predicted molar refractivity (Wildman–Crippen MR) is 60.3 cm³/mol. The summed E-state index contributed by atoms with van der Waals surface area (Å²) in [6.45, 7) is 1.52. The lowest BCUT2D eigenvalue weighted by Gasteiger charge is -2.06. The van der Waals surface area contributed by atoms with E-state index in [0.29, 0.717) is 0 Å². The van der Waals surface area contributed by atoms with E-state index in [1.807, 2.05) is 0 Å². The monoisotopic (exact) mass is 239 g/mol. The van der Waals surface area contributed by atoms with Crippen molar-refractivity contribution in [2.24, 2.45) is 0 Å². The molecule has 0 radical (unpaired) electrons. The summed E-state index contributed by atoms with van der Waals surface area (Å²) in [7, 11) is 0. The molecule has 0 aliphatic heterocycles. The normalized spacial score (nSPS) is 11.0. The van der Waals surface area contributed by atoms with Gasteiger partial charge in [-0.1, -0.05) is 29.8 Å². The highest BCUT2D eigenvalue weighted by Gasteiger charge is 2.14. The Labute approximate surface area is 97.5 Å². The maximum atomic E-state index is 11.6. The zero-order chi connectivity index (χ0) is 12.1. The number of nitrogens with one attached hydrogen (secondary N) is 1. The minimum absolute atomic E-state index is 0.176. The van der Waals surface area contributed by atoms with Gasteiger partial charge in [-0.25, -0.2) is 4.79 Å². The number of allylic oxidation sites excluding steroid dienone is 1. The van der Waals surface area contributed by atoms with Crippen LogP contribution in [0.15, 0.2) is 36.0 Å². The van der Waals surface area contributed by atoms with E-state index < -0.39 is 11.9 Å². The fourth-order valence-electron chi connectivity index (χ4n) is 1.08. The smallest absolute Gasteiger partial charge is 0.352 e. The highest BCUT2D eigenvalue weighted by molar-refractivity contribution is 6.33. The van der Waals surface area contributed by atoms with E-state index >= 15 is 0 Å². The molecule has 0 bridgehead atoms. The number of aliphatic carboxylic acids is 1. The van der Waals surface area contributed by atoms with Crippen LogP contribution in [-0.2, 0) is 4.79 Å². The van der Waals surface area contributed by atoms with E-state index in [0.717, 1.165) is 0 Å². The Balaban J connectivity index is 2.89. The molecule has 0 aliphatic carbocycles. The number of hydrogen-bond acceptors (Lipinski definition) is 2. The van der Waals surface area contributed by atoms with Gasteiger partial charge in [-0.2, -0.15) is 0 Å². The van der Waals surface area contributed by atoms with Crippen LogP contribution in [0.1, 0.15) is 17.3 Å². The molecule has 84 valence electrons. The Bertz CT molecular complexity index is 454. The molecule has 5 heteroatoms. The molecule has 1 amide bonds. The molecule has 0 unspecified atom stereocenters. The number of amides is 1. The van der Waals surface area contributed by atoms with Crippen LogP contribution in [0.25, 0.3) is 0 Å². The lowest BCUT2D eigenvalue weighted by molar-refractivity contribution is -0.133. The van der Waals surface area contributed by atoms with E-state index in [-0.39, 0.29) is 16.3 Å². The van der Waals surface area contributed by atoms with Crippen molar-refractivity contribution in [1.82, 2.24) is 5.32 Å². The van der Waals surface area contributed by atoms with E-state index in [9.17, 15) is 9.59 Å². The van der Waals surface area contributed by atoms with Crippen LogP contribution < -0.4 is 5.32 Å². The van der Waals surface area contributed by atoms with Crippen molar-refractivity contribution in [2.45, 2.75) is 6.92 Å². The van der Waals surface area contributed by atoms with Gasteiger partial charge in [-0.05, 0) is 19.1 Å². The van der Waals surface area contributed by atoms with Crippen molar-refractivity contribution in [2.75, 3.05) is 0 Å². The molecule has 1 aromatic rings. The molecule has 0 spiro atoms. The van der Waals surface area contributed by atoms with Gasteiger partial charge in [0.25, 0.3) is 5.91 Å². The van der Waals surface area contributed by atoms with Gasteiger partial charge in [0.05, 0.1) is 10.6 Å². The highest BCUT2D eigenvalue weighted by Crippen LogP contribution is 2.14. The van der Waals surface area contributed by atoms with Gasteiger partial charge in [-0.3, -0.25) is 4.79 Å². The van der Waals surface area contributed by atoms with Crippen molar-refractivity contribution in [3.05, 3.63) is 46.6 Å². The Hall–Kier alpha value is -1.81. The summed E-state index contributed by atoms with van der Waals surface area (Å²) in [6.07, 6.45) is 1.30. The van der Waals surface area contributed by atoms with Gasteiger partial charge in [-0.15, -0.1) is 0 Å². The first-order chi connectivity index (χ1) is 7.56. The molecule has 0 fully saturated rings. The molecular weight excluding hydrogens is 230 g/mol. The number of hydrogen-bond donors (Lipinski definition) is 2. The second-order valence-corrected chi connectivity index (χ2v) is 3.35. The summed E-state index contributed by atoms with van der Waals surface area (Å²) in [6, 6.07) is 6.42. The Morgan fingerprint density at radius 2 is 2.00 bits per heavy atom. The maximum absolute atomic E-state index is 11.6. The average molecular weight is 240 g/mol. The number of carbonyl (C=O) groups is 2. The summed E-state index contributed by atoms with van der Waals surface area (Å²) in [5.41, 5.74) is 0.0645. The summed E-state index contributed by atoms with van der Waals surface area (Å²) in [5, 5.41) is 11.3. The summed E-state index contributed by atoms with van der Waals surface area (Å²) in [5.74, 6) is -1.73. The Morgan fingerprint density at radius 3 is 2.50 bits per heavy atom. The van der Waals surface area contributed by atoms with Crippen molar-refractivity contribution < 1.29 is 14.7 Å². The van der Waals surface area contributed by atoms with Crippen LogP contribution in [0.5, 0.6) is 0 Å². The van der Waals surface area contributed by atoms with Gasteiger partial charge in [0, 0.05) is 0 Å². The average Bonchev–Trinajstić information content (AvgIpc) is 2.25. The molecule has 16 heavy (non-hydrogen) atoms. The minimum atomic E-state index is -1.19. The third-order valence-electron chi connectivity index (χ3n) is 1.89. The zero-order valence-electron chi connectivity index (χ0n) is 8.53. The standard InChI is InChI=1S/C11H10ClNO3/c1-2-9(11(15)16)13-10(14)7-5-3-4-6-8(7)12/h2-6H,1H3,(H,13,14)(H,15,16)/b9-2-. The molecule has 4 nitrogen and oxygen atoms in total. The largest absolute Gasteiger partial charge is 0.477 e. The second-order valence-electron chi connectivity index (χ2n) is 2.94. The number of carboxylic acids is 1. The first-order valence-corrected chi connectivity index (χ1v) is 4.89.